The SMILES string of the molecule is CCC(CC)Oc1nn2c(=N)n(CC(=O)c3cc(N4CCOCC4)c(OC)c(C(C)(C)C)c3)nc2cc1C(C)C.O=C(O)C(F)(F)F. The largest absolute Gasteiger partial charge is 0.494 e. The van der Waals surface area contributed by atoms with Gasteiger partial charge in [-0.3, -0.25) is 10.2 Å². The first-order chi connectivity index (χ1) is 21.9. The number of aliphatic carboxylic acids is 1. The van der Waals surface area contributed by atoms with Crippen LogP contribution in [0.15, 0.2) is 18.2 Å². The Morgan fingerprint density at radius 2 is 1.66 bits per heavy atom. The summed E-state index contributed by atoms with van der Waals surface area (Å²) in [5.41, 5.74) is 3.62. The van der Waals surface area contributed by atoms with Gasteiger partial charge in [-0.1, -0.05) is 48.5 Å². The predicted molar refractivity (Wildman–Crippen MR) is 169 cm³/mol. The highest BCUT2D eigenvalue weighted by Gasteiger charge is 2.38. The molecule has 0 aliphatic carbocycles. The fourth-order valence-electron chi connectivity index (χ4n) is 5.01. The highest BCUT2D eigenvalue weighted by Crippen LogP contribution is 2.40. The number of benzene rings is 1. The summed E-state index contributed by atoms with van der Waals surface area (Å²) < 4.78 is 52.3. The van der Waals surface area contributed by atoms with Crippen LogP contribution in [0, 0.1) is 5.41 Å². The van der Waals surface area contributed by atoms with E-state index in [1.54, 1.807) is 7.11 Å². The van der Waals surface area contributed by atoms with Crippen molar-refractivity contribution < 1.29 is 42.1 Å². The Kier molecular flexibility index (Phi) is 12.1. The average Bonchev–Trinajstić information content (AvgIpc) is 3.31. The van der Waals surface area contributed by atoms with Crippen molar-refractivity contribution in [3.63, 3.8) is 0 Å². The average molecular weight is 667 g/mol. The van der Waals surface area contributed by atoms with Gasteiger partial charge in [0.05, 0.1) is 32.1 Å². The summed E-state index contributed by atoms with van der Waals surface area (Å²) in [5.74, 6) is -1.44. The highest BCUT2D eigenvalue weighted by atomic mass is 19.4. The molecule has 12 nitrogen and oxygen atoms in total. The Labute approximate surface area is 271 Å². The lowest BCUT2D eigenvalue weighted by Gasteiger charge is -2.33. The summed E-state index contributed by atoms with van der Waals surface area (Å²) in [6, 6.07) is 5.73. The summed E-state index contributed by atoms with van der Waals surface area (Å²) in [5, 5.41) is 25.2. The molecule has 1 fully saturated rings. The summed E-state index contributed by atoms with van der Waals surface area (Å²) in [6.45, 7) is 17.3. The van der Waals surface area contributed by atoms with Crippen molar-refractivity contribution in [3.8, 4) is 11.6 Å². The van der Waals surface area contributed by atoms with Gasteiger partial charge < -0.3 is 24.2 Å². The normalized spacial score (nSPS) is 13.9. The molecule has 1 aromatic carbocycles. The van der Waals surface area contributed by atoms with Gasteiger partial charge >= 0.3 is 12.1 Å². The van der Waals surface area contributed by atoms with Gasteiger partial charge in [-0.15, -0.1) is 10.2 Å². The lowest BCUT2D eigenvalue weighted by Crippen LogP contribution is -2.37. The standard InChI is InChI=1S/C30H44N6O4.C2HF3O2/c1-9-21(10-2)40-28-22(19(3)4)17-26-32-35(29(31)36(26)33-28)18-25(37)20-15-23(30(5,6)7)27(38-8)24(16-20)34-11-13-39-14-12-34;3-2(4,5)1(6)7/h15-17,19,21,31H,9-14,18H2,1-8H3;(H,6,7). The number of nitrogens with zero attached hydrogens (tertiary/aromatic N) is 5. The van der Waals surface area contributed by atoms with E-state index in [0.29, 0.717) is 30.3 Å². The van der Waals surface area contributed by atoms with Crippen molar-refractivity contribution in [2.24, 2.45) is 0 Å². The van der Waals surface area contributed by atoms with E-state index in [1.807, 2.05) is 18.2 Å². The number of aromatic nitrogens is 4. The maximum absolute atomic E-state index is 13.7. The molecular formula is C32H45F3N6O6. The van der Waals surface area contributed by atoms with Crippen LogP contribution < -0.4 is 20.0 Å². The number of carboxylic acid groups (broad SMARTS) is 1. The number of anilines is 1. The Bertz CT molecular complexity index is 1620. The lowest BCUT2D eigenvalue weighted by atomic mass is 9.84. The molecule has 1 saturated heterocycles. The molecule has 47 heavy (non-hydrogen) atoms. The van der Waals surface area contributed by atoms with Crippen molar-refractivity contribution in [1.82, 2.24) is 19.4 Å². The van der Waals surface area contributed by atoms with Crippen LogP contribution in [0.4, 0.5) is 18.9 Å². The number of morpholine rings is 1. The van der Waals surface area contributed by atoms with Crippen molar-refractivity contribution in [3.05, 3.63) is 40.5 Å². The van der Waals surface area contributed by atoms with E-state index in [0.717, 1.165) is 48.5 Å². The molecule has 2 aromatic heterocycles. The van der Waals surface area contributed by atoms with E-state index in [9.17, 15) is 18.0 Å². The Morgan fingerprint density at radius 1 is 1.06 bits per heavy atom. The van der Waals surface area contributed by atoms with E-state index in [1.165, 1.54) is 9.20 Å². The summed E-state index contributed by atoms with van der Waals surface area (Å²) in [4.78, 5) is 24.8. The van der Waals surface area contributed by atoms with Crippen LogP contribution in [0.5, 0.6) is 11.6 Å². The minimum absolute atomic E-state index is 0.0195. The Morgan fingerprint density at radius 3 is 2.15 bits per heavy atom. The smallest absolute Gasteiger partial charge is 0.490 e. The van der Waals surface area contributed by atoms with Crippen LogP contribution in [0.3, 0.4) is 0 Å². The van der Waals surface area contributed by atoms with Gasteiger partial charge in [-0.05, 0) is 42.4 Å². The number of rotatable bonds is 10. The molecule has 2 N–H and O–H groups in total. The van der Waals surface area contributed by atoms with Crippen molar-refractivity contribution in [2.75, 3.05) is 38.3 Å². The summed E-state index contributed by atoms with van der Waals surface area (Å²) >= 11 is 0. The number of hydrogen-bond donors (Lipinski definition) is 2. The van der Waals surface area contributed by atoms with Crippen molar-refractivity contribution >= 4 is 23.1 Å². The third kappa shape index (κ3) is 9.02. The van der Waals surface area contributed by atoms with E-state index in [2.05, 4.69) is 63.6 Å². The second kappa shape index (κ2) is 15.2. The molecule has 0 bridgehead atoms. The number of Topliss-reactive ketones (excluding diaryl/α,β-unsaturated/α-hetero) is 1. The zero-order valence-electron chi connectivity index (χ0n) is 28.2. The van der Waals surface area contributed by atoms with E-state index < -0.39 is 12.1 Å². The number of ketones is 1. The van der Waals surface area contributed by atoms with Crippen LogP contribution >= 0.6 is 0 Å². The van der Waals surface area contributed by atoms with Crippen LogP contribution in [-0.4, -0.2) is 81.9 Å². The monoisotopic (exact) mass is 666 g/mol. The minimum Gasteiger partial charge on any atom is -0.494 e. The molecular weight excluding hydrogens is 621 g/mol. The quantitative estimate of drug-likeness (QED) is 0.273. The summed E-state index contributed by atoms with van der Waals surface area (Å²) in [6.07, 6.45) is -3.31. The van der Waals surface area contributed by atoms with E-state index in [4.69, 9.17) is 29.5 Å². The maximum Gasteiger partial charge on any atom is 0.490 e. The van der Waals surface area contributed by atoms with Crippen LogP contribution in [0.25, 0.3) is 5.65 Å². The first-order valence-corrected chi connectivity index (χ1v) is 15.5. The molecule has 0 unspecified atom stereocenters. The van der Waals surface area contributed by atoms with Gasteiger partial charge in [-0.25, -0.2) is 9.48 Å². The van der Waals surface area contributed by atoms with Gasteiger partial charge in [0.25, 0.3) is 0 Å². The molecule has 1 aliphatic heterocycles. The zero-order chi connectivity index (χ0) is 35.3. The van der Waals surface area contributed by atoms with Crippen LogP contribution in [-0.2, 0) is 21.5 Å². The molecule has 15 heteroatoms. The number of alkyl halides is 3. The molecule has 4 rings (SSSR count). The van der Waals surface area contributed by atoms with Gasteiger partial charge in [0.15, 0.2) is 11.4 Å². The number of ether oxygens (including phenoxy) is 3. The van der Waals surface area contributed by atoms with Crippen molar-refractivity contribution in [1.29, 1.82) is 5.41 Å². The molecule has 1 aliphatic rings. The van der Waals surface area contributed by atoms with Gasteiger partial charge in [-0.2, -0.15) is 17.7 Å². The number of carboxylic acids is 1. The first-order valence-electron chi connectivity index (χ1n) is 15.5. The summed E-state index contributed by atoms with van der Waals surface area (Å²) in [7, 11) is 1.68. The number of fused-ring (bicyclic) bond motifs is 1. The van der Waals surface area contributed by atoms with Crippen LogP contribution in [0.2, 0.25) is 0 Å². The number of methoxy groups -OCH3 is 1. The fourth-order valence-corrected chi connectivity index (χ4v) is 5.01. The molecule has 260 valence electrons. The predicted octanol–water partition coefficient (Wildman–Crippen LogP) is 5.36. The topological polar surface area (TPSA) is 144 Å². The van der Waals surface area contributed by atoms with E-state index >= 15 is 0 Å². The number of hydrogen-bond acceptors (Lipinski definition) is 9. The second-order valence-corrected chi connectivity index (χ2v) is 12.5. The lowest BCUT2D eigenvalue weighted by molar-refractivity contribution is -0.192. The van der Waals surface area contributed by atoms with Gasteiger partial charge in [0.2, 0.25) is 11.5 Å². The second-order valence-electron chi connectivity index (χ2n) is 12.5. The maximum atomic E-state index is 13.7. The molecule has 3 heterocycles. The molecule has 0 radical (unpaired) electrons. The van der Waals surface area contributed by atoms with Gasteiger partial charge in [0.1, 0.15) is 12.3 Å². The molecule has 3 aromatic rings. The number of carbonyl (C=O) groups is 2. The van der Waals surface area contributed by atoms with Crippen molar-refractivity contribution in [2.45, 2.75) is 91.5 Å². The number of halogens is 3. The number of carbonyl (C=O) groups excluding carboxylic acids is 1. The first kappa shape index (κ1) is 37.3. The Hall–Kier alpha value is -4.14. The fraction of sp³-hybridized carbons (Fsp3) is 0.594. The molecule has 0 spiro atoms. The van der Waals surface area contributed by atoms with E-state index in [-0.39, 0.29) is 35.4 Å². The third-order valence-corrected chi connectivity index (χ3v) is 7.71. The third-order valence-electron chi connectivity index (χ3n) is 7.71. The zero-order valence-corrected chi connectivity index (χ0v) is 28.2. The Balaban J connectivity index is 0.000000771. The van der Waals surface area contributed by atoms with Crippen LogP contribution in [0.1, 0.15) is 88.7 Å². The molecule has 0 atom stereocenters. The van der Waals surface area contributed by atoms with Gasteiger partial charge in [0, 0.05) is 29.8 Å². The highest BCUT2D eigenvalue weighted by molar-refractivity contribution is 5.97. The molecule has 0 amide bonds. The minimum atomic E-state index is -5.08. The number of nitrogens with one attached hydrogen (secondary N) is 1. The molecule has 0 saturated carbocycles.